The van der Waals surface area contributed by atoms with Gasteiger partial charge in [-0.05, 0) is 25.0 Å². The Morgan fingerprint density at radius 1 is 1.18 bits per heavy atom. The molecule has 2 aliphatic heterocycles. The van der Waals surface area contributed by atoms with Gasteiger partial charge in [0.05, 0.1) is 30.9 Å². The topological polar surface area (TPSA) is 89.3 Å². The molecule has 174 valence electrons. The van der Waals surface area contributed by atoms with E-state index in [1.54, 1.807) is 30.1 Å². The molecule has 4 heterocycles. The number of hydrogen-bond donors (Lipinski definition) is 0. The van der Waals surface area contributed by atoms with E-state index in [1.165, 1.54) is 0 Å². The number of rotatable bonds is 3. The highest BCUT2D eigenvalue weighted by Gasteiger charge is 2.48. The van der Waals surface area contributed by atoms with Gasteiger partial charge in [-0.1, -0.05) is 13.8 Å². The van der Waals surface area contributed by atoms with E-state index in [0.717, 1.165) is 18.5 Å². The van der Waals surface area contributed by atoms with Crippen molar-refractivity contribution >= 4 is 23.3 Å². The van der Waals surface area contributed by atoms with Gasteiger partial charge in [-0.25, -0.2) is 4.98 Å². The molecule has 0 radical (unpaired) electrons. The largest absolute Gasteiger partial charge is 0.488 e. The fraction of sp³-hybridized carbons (Fsp3) is 0.500. The number of nitrogens with zero attached hydrogens (tertiary/aromatic N) is 5. The van der Waals surface area contributed by atoms with Crippen LogP contribution in [-0.4, -0.2) is 71.8 Å². The van der Waals surface area contributed by atoms with Crippen LogP contribution in [0, 0.1) is 5.92 Å². The van der Waals surface area contributed by atoms with Crippen molar-refractivity contribution in [1.82, 2.24) is 14.5 Å². The lowest BCUT2D eigenvalue weighted by atomic mass is 10.1. The number of hydrogen-bond acceptors (Lipinski definition) is 7. The van der Waals surface area contributed by atoms with Crippen LogP contribution in [0.25, 0.3) is 0 Å². The lowest BCUT2D eigenvalue weighted by molar-refractivity contribution is -0.0376. The molecule has 3 aliphatic rings. The van der Waals surface area contributed by atoms with Gasteiger partial charge in [-0.2, -0.15) is 0 Å². The molecule has 1 amide bonds. The zero-order chi connectivity index (χ0) is 23.2. The summed E-state index contributed by atoms with van der Waals surface area (Å²) >= 11 is 0. The molecule has 2 aromatic rings. The summed E-state index contributed by atoms with van der Waals surface area (Å²) < 4.78 is 13.3. The molecule has 0 aromatic carbocycles. The molecule has 0 atom stereocenters. The van der Waals surface area contributed by atoms with Gasteiger partial charge < -0.3 is 19.3 Å². The number of morpholine rings is 1. The Morgan fingerprint density at radius 2 is 2.00 bits per heavy atom. The smallest absolute Gasteiger partial charge is 0.255 e. The van der Waals surface area contributed by atoms with Crippen LogP contribution in [0.2, 0.25) is 0 Å². The molecule has 33 heavy (non-hydrogen) atoms. The number of aromatic nitrogens is 2. The number of carbonyl (C=O) groups is 2. The minimum absolute atomic E-state index is 0.0121. The first-order valence-corrected chi connectivity index (χ1v) is 11.4. The molecule has 1 saturated carbocycles. The van der Waals surface area contributed by atoms with Crippen LogP contribution in [0.3, 0.4) is 0 Å². The Bertz CT molecular complexity index is 1170. The number of ether oxygens (including phenoxy) is 2. The van der Waals surface area contributed by atoms with E-state index in [2.05, 4.69) is 9.98 Å². The van der Waals surface area contributed by atoms with Crippen LogP contribution in [0.5, 0.6) is 5.75 Å². The number of anilines is 2. The first-order chi connectivity index (χ1) is 15.9. The Hall–Kier alpha value is -3.20. The minimum atomic E-state index is -0.135. The SMILES string of the molecule is C/N=c1/cc(N2CCOc3cc(C(=O)N4CCOC5(CC5)C4)cnc32)ccn1C(=O)C(C)C. The van der Waals surface area contributed by atoms with Crippen LogP contribution in [0.15, 0.2) is 35.6 Å². The van der Waals surface area contributed by atoms with Gasteiger partial charge in [0.1, 0.15) is 12.1 Å². The summed E-state index contributed by atoms with van der Waals surface area (Å²) in [5.41, 5.74) is 1.84. The summed E-state index contributed by atoms with van der Waals surface area (Å²) in [5, 5.41) is 0. The van der Waals surface area contributed by atoms with Crippen LogP contribution in [0.4, 0.5) is 11.5 Å². The highest BCUT2D eigenvalue weighted by molar-refractivity contribution is 5.95. The van der Waals surface area contributed by atoms with Gasteiger partial charge in [-0.15, -0.1) is 0 Å². The van der Waals surface area contributed by atoms with Crippen LogP contribution < -0.4 is 15.1 Å². The molecule has 9 nitrogen and oxygen atoms in total. The molecule has 2 fully saturated rings. The van der Waals surface area contributed by atoms with Gasteiger partial charge in [0, 0.05) is 43.7 Å². The van der Waals surface area contributed by atoms with E-state index in [1.807, 2.05) is 35.8 Å². The minimum Gasteiger partial charge on any atom is -0.488 e. The van der Waals surface area contributed by atoms with Gasteiger partial charge >= 0.3 is 0 Å². The van der Waals surface area contributed by atoms with Crippen molar-refractivity contribution in [2.24, 2.45) is 10.9 Å². The number of amides is 1. The van der Waals surface area contributed by atoms with E-state index >= 15 is 0 Å². The average Bonchev–Trinajstić information content (AvgIpc) is 3.59. The van der Waals surface area contributed by atoms with Gasteiger partial charge in [0.25, 0.3) is 5.91 Å². The Balaban J connectivity index is 1.42. The monoisotopic (exact) mass is 451 g/mol. The first-order valence-electron chi connectivity index (χ1n) is 11.4. The third-order valence-electron chi connectivity index (χ3n) is 6.44. The quantitative estimate of drug-likeness (QED) is 0.711. The molecular formula is C24H29N5O4. The van der Waals surface area contributed by atoms with Gasteiger partial charge in [0.2, 0.25) is 5.91 Å². The molecule has 1 saturated heterocycles. The normalized spacial score (nSPS) is 19.5. The molecule has 0 bridgehead atoms. The summed E-state index contributed by atoms with van der Waals surface area (Å²) in [7, 11) is 1.67. The molecule has 1 aliphatic carbocycles. The highest BCUT2D eigenvalue weighted by Crippen LogP contribution is 2.42. The fourth-order valence-corrected chi connectivity index (χ4v) is 4.39. The summed E-state index contributed by atoms with van der Waals surface area (Å²) in [5.74, 6) is 1.03. The summed E-state index contributed by atoms with van der Waals surface area (Å²) in [6.07, 6.45) is 5.40. The molecule has 9 heteroatoms. The molecular weight excluding hydrogens is 422 g/mol. The van der Waals surface area contributed by atoms with Gasteiger partial charge in [-0.3, -0.25) is 19.1 Å². The highest BCUT2D eigenvalue weighted by atomic mass is 16.5. The Labute approximate surface area is 192 Å². The second-order valence-corrected chi connectivity index (χ2v) is 9.13. The maximum atomic E-state index is 13.1. The van der Waals surface area contributed by atoms with Crippen molar-refractivity contribution in [1.29, 1.82) is 0 Å². The maximum Gasteiger partial charge on any atom is 0.255 e. The lowest BCUT2D eigenvalue weighted by Gasteiger charge is -2.34. The second kappa shape index (κ2) is 8.30. The van der Waals surface area contributed by atoms with Crippen molar-refractivity contribution in [3.63, 3.8) is 0 Å². The van der Waals surface area contributed by atoms with Crippen molar-refractivity contribution in [3.8, 4) is 5.75 Å². The molecule has 5 rings (SSSR count). The van der Waals surface area contributed by atoms with Crippen LogP contribution in [-0.2, 0) is 4.74 Å². The average molecular weight is 452 g/mol. The van der Waals surface area contributed by atoms with Gasteiger partial charge in [0.15, 0.2) is 11.6 Å². The predicted molar refractivity (Wildman–Crippen MR) is 122 cm³/mol. The standard InChI is InChI=1S/C24H29N5O4/c1-16(2)22(30)29-7-4-18(13-20(29)25-3)28-9-10-32-19-12-17(14-26-21(19)28)23(31)27-8-11-33-24(15-27)5-6-24/h4,7,12-14,16H,5-6,8-11,15H2,1-3H3/b25-20-. The molecule has 2 aromatic heterocycles. The Kier molecular flexibility index (Phi) is 5.44. The summed E-state index contributed by atoms with van der Waals surface area (Å²) in [6.45, 7) is 6.60. The Morgan fingerprint density at radius 3 is 2.73 bits per heavy atom. The van der Waals surface area contributed by atoms with Crippen molar-refractivity contribution in [2.45, 2.75) is 32.3 Å². The van der Waals surface area contributed by atoms with E-state index in [9.17, 15) is 9.59 Å². The lowest BCUT2D eigenvalue weighted by Crippen LogP contribution is -2.47. The molecule has 0 N–H and O–H groups in total. The van der Waals surface area contributed by atoms with Crippen LogP contribution in [0.1, 0.15) is 41.8 Å². The zero-order valence-electron chi connectivity index (χ0n) is 19.3. The van der Waals surface area contributed by atoms with Crippen molar-refractivity contribution < 1.29 is 19.1 Å². The third kappa shape index (κ3) is 4.01. The third-order valence-corrected chi connectivity index (χ3v) is 6.44. The zero-order valence-corrected chi connectivity index (χ0v) is 19.3. The van der Waals surface area contributed by atoms with E-state index < -0.39 is 0 Å². The maximum absolute atomic E-state index is 13.1. The molecule has 1 spiro atoms. The van der Waals surface area contributed by atoms with Crippen molar-refractivity contribution in [3.05, 3.63) is 41.6 Å². The molecule has 0 unspecified atom stereocenters. The second-order valence-electron chi connectivity index (χ2n) is 9.13. The van der Waals surface area contributed by atoms with E-state index in [0.29, 0.717) is 55.5 Å². The number of fused-ring (bicyclic) bond motifs is 1. The van der Waals surface area contributed by atoms with Crippen LogP contribution >= 0.6 is 0 Å². The summed E-state index contributed by atoms with van der Waals surface area (Å²) in [4.78, 5) is 38.4. The number of pyridine rings is 2. The van der Waals surface area contributed by atoms with E-state index in [4.69, 9.17) is 9.47 Å². The summed E-state index contributed by atoms with van der Waals surface area (Å²) in [6, 6.07) is 5.54. The number of carbonyl (C=O) groups excluding carboxylic acids is 2. The van der Waals surface area contributed by atoms with E-state index in [-0.39, 0.29) is 23.3 Å². The fourth-order valence-electron chi connectivity index (χ4n) is 4.39. The first kappa shape index (κ1) is 21.6. The van der Waals surface area contributed by atoms with Crippen molar-refractivity contribution in [2.75, 3.05) is 44.8 Å². The predicted octanol–water partition coefficient (Wildman–Crippen LogP) is 2.25.